The van der Waals surface area contributed by atoms with Gasteiger partial charge in [-0.25, -0.2) is 4.98 Å². The zero-order chi connectivity index (χ0) is 22.3. The van der Waals surface area contributed by atoms with Crippen molar-refractivity contribution in [3.63, 3.8) is 0 Å². The topological polar surface area (TPSA) is 140 Å². The van der Waals surface area contributed by atoms with Crippen LogP contribution in [0.5, 0.6) is 0 Å². The average Bonchev–Trinajstić information content (AvgIpc) is 3.29. The average molecular weight is 487 g/mol. The molecule has 0 radical (unpaired) electrons. The van der Waals surface area contributed by atoms with Crippen LogP contribution in [-0.4, -0.2) is 55.8 Å². The number of nitrogens with two attached hydrogens (primary N) is 1. The van der Waals surface area contributed by atoms with Gasteiger partial charge in [0.2, 0.25) is 5.28 Å². The van der Waals surface area contributed by atoms with E-state index in [9.17, 15) is 9.90 Å². The van der Waals surface area contributed by atoms with Crippen LogP contribution in [0.2, 0.25) is 15.3 Å². The monoisotopic (exact) mass is 485 g/mol. The molecule has 4 unspecified atom stereocenters. The first kappa shape index (κ1) is 22.0. The summed E-state index contributed by atoms with van der Waals surface area (Å²) in [6, 6.07) is 4.20. The molecule has 0 spiro atoms. The fourth-order valence-corrected chi connectivity index (χ4v) is 3.90. The van der Waals surface area contributed by atoms with E-state index in [0.29, 0.717) is 33.6 Å². The number of aliphatic hydroxyl groups is 1. The van der Waals surface area contributed by atoms with E-state index in [1.807, 2.05) is 0 Å². The van der Waals surface area contributed by atoms with Crippen molar-refractivity contribution in [1.82, 2.24) is 24.8 Å². The van der Waals surface area contributed by atoms with Crippen molar-refractivity contribution in [2.75, 3.05) is 12.4 Å². The van der Waals surface area contributed by atoms with Gasteiger partial charge in [-0.05, 0) is 35.4 Å². The van der Waals surface area contributed by atoms with Gasteiger partial charge >= 0.3 is 0 Å². The summed E-state index contributed by atoms with van der Waals surface area (Å²) >= 11 is 18.4. The molecule has 5 N–H and O–H groups in total. The summed E-state index contributed by atoms with van der Waals surface area (Å²) in [6.07, 6.45) is -1.76. The second-order valence-corrected chi connectivity index (χ2v) is 8.07. The third-order valence-corrected chi connectivity index (χ3v) is 5.72. The molecular formula is C18H18Cl3N7O3. The molecule has 3 aromatic rings. The Hall–Kier alpha value is -2.21. The lowest BCUT2D eigenvalue weighted by atomic mass is 10.1. The molecule has 1 aromatic carbocycles. The molecule has 31 heavy (non-hydrogen) atoms. The first-order valence-corrected chi connectivity index (χ1v) is 10.3. The Labute approximate surface area is 191 Å². The number of aliphatic hydroxyl groups excluding tert-OH is 1. The normalized spacial score (nSPS) is 23.3. The molecule has 1 amide bonds. The molecule has 13 heteroatoms. The van der Waals surface area contributed by atoms with Crippen molar-refractivity contribution < 1.29 is 14.6 Å². The zero-order valence-corrected chi connectivity index (χ0v) is 18.4. The van der Waals surface area contributed by atoms with Gasteiger partial charge in [0.15, 0.2) is 29.3 Å². The summed E-state index contributed by atoms with van der Waals surface area (Å²) in [5, 5.41) is 17.2. The van der Waals surface area contributed by atoms with E-state index >= 15 is 0 Å². The third kappa shape index (κ3) is 4.14. The number of benzene rings is 1. The smallest absolute Gasteiger partial charge is 0.250 e. The minimum absolute atomic E-state index is 0.0476. The quantitative estimate of drug-likeness (QED) is 0.400. The van der Waals surface area contributed by atoms with Crippen molar-refractivity contribution >= 4 is 57.7 Å². The number of carbonyl (C=O) groups excluding carboxylic acids is 1. The second-order valence-electron chi connectivity index (χ2n) is 6.88. The number of rotatable bonds is 5. The number of nitrogens with one attached hydrogen (secondary N) is 2. The lowest BCUT2D eigenvalue weighted by molar-refractivity contribution is -0.134. The number of amides is 1. The summed E-state index contributed by atoms with van der Waals surface area (Å²) in [5.74, 6) is -0.0867. The van der Waals surface area contributed by atoms with Crippen molar-refractivity contribution in [1.29, 1.82) is 0 Å². The van der Waals surface area contributed by atoms with Crippen LogP contribution in [0, 0.1) is 0 Å². The van der Waals surface area contributed by atoms with E-state index in [4.69, 9.17) is 45.3 Å². The fraction of sp³-hybridized carbons (Fsp3) is 0.333. The highest BCUT2D eigenvalue weighted by molar-refractivity contribution is 6.33. The molecule has 4 atom stereocenters. The number of likely N-dealkylation sites (N-methyl/N-ethyl adjacent to an activating group) is 1. The predicted molar refractivity (Wildman–Crippen MR) is 116 cm³/mol. The molecule has 1 fully saturated rings. The van der Waals surface area contributed by atoms with Crippen molar-refractivity contribution in [2.24, 2.45) is 5.73 Å². The van der Waals surface area contributed by atoms with E-state index in [0.717, 1.165) is 5.56 Å². The van der Waals surface area contributed by atoms with Gasteiger partial charge in [0.05, 0.1) is 12.4 Å². The van der Waals surface area contributed by atoms with E-state index in [1.54, 1.807) is 18.2 Å². The van der Waals surface area contributed by atoms with Crippen molar-refractivity contribution in [2.45, 2.75) is 31.0 Å². The molecule has 1 aliphatic heterocycles. The van der Waals surface area contributed by atoms with Crippen LogP contribution < -0.4 is 16.4 Å². The van der Waals surface area contributed by atoms with Crippen molar-refractivity contribution in [3.8, 4) is 0 Å². The maximum atomic E-state index is 12.0. The number of halogens is 3. The molecule has 0 aliphatic carbocycles. The van der Waals surface area contributed by atoms with E-state index < -0.39 is 30.4 Å². The Morgan fingerprint density at radius 1 is 1.32 bits per heavy atom. The van der Waals surface area contributed by atoms with Gasteiger partial charge in [-0.3, -0.25) is 9.36 Å². The van der Waals surface area contributed by atoms with E-state index in [1.165, 1.54) is 17.9 Å². The van der Waals surface area contributed by atoms with E-state index in [-0.39, 0.29) is 5.28 Å². The first-order valence-electron chi connectivity index (χ1n) is 9.18. The number of aromatic nitrogens is 4. The lowest BCUT2D eigenvalue weighted by Crippen LogP contribution is -2.46. The van der Waals surface area contributed by atoms with Gasteiger partial charge < -0.3 is 26.2 Å². The minimum Gasteiger partial charge on any atom is -0.387 e. The van der Waals surface area contributed by atoms with Gasteiger partial charge in [0.1, 0.15) is 6.10 Å². The fourth-order valence-electron chi connectivity index (χ4n) is 3.36. The summed E-state index contributed by atoms with van der Waals surface area (Å²) in [5.41, 5.74) is 7.41. The molecular weight excluding hydrogens is 469 g/mol. The molecule has 3 heterocycles. The molecule has 164 valence electrons. The van der Waals surface area contributed by atoms with Crippen LogP contribution in [-0.2, 0) is 16.1 Å². The maximum absolute atomic E-state index is 12.0. The number of hydrogen-bond acceptors (Lipinski definition) is 8. The highest BCUT2D eigenvalue weighted by Gasteiger charge is 2.46. The molecule has 1 saturated heterocycles. The number of fused-ring (bicyclic) bond motifs is 1. The predicted octanol–water partition coefficient (Wildman–Crippen LogP) is 1.73. The Kier molecular flexibility index (Phi) is 6.20. The second kappa shape index (κ2) is 8.73. The van der Waals surface area contributed by atoms with Crippen LogP contribution in [0.25, 0.3) is 11.2 Å². The molecule has 0 bridgehead atoms. The van der Waals surface area contributed by atoms with Gasteiger partial charge in [0, 0.05) is 23.6 Å². The Morgan fingerprint density at radius 3 is 2.84 bits per heavy atom. The van der Waals surface area contributed by atoms with Crippen LogP contribution in [0.3, 0.4) is 0 Å². The lowest BCUT2D eigenvalue weighted by Gasteiger charge is -2.17. The number of nitrogens with zero attached hydrogens (tertiary/aromatic N) is 4. The van der Waals surface area contributed by atoms with Gasteiger partial charge in [0.25, 0.3) is 5.91 Å². The SMILES string of the molecule is CNC(=O)C1OC(n2cnc3c(NCc4cc(Cl)ccc4Cl)nc(Cl)nc32)C(O)C1N. The Balaban J connectivity index is 1.65. The van der Waals surface area contributed by atoms with Crippen LogP contribution >= 0.6 is 34.8 Å². The van der Waals surface area contributed by atoms with Crippen LogP contribution in [0.1, 0.15) is 11.8 Å². The molecule has 1 aliphatic rings. The summed E-state index contributed by atoms with van der Waals surface area (Å²) in [7, 11) is 1.46. The van der Waals surface area contributed by atoms with Gasteiger partial charge in [-0.1, -0.05) is 23.2 Å². The summed E-state index contributed by atoms with van der Waals surface area (Å²) in [4.78, 5) is 24.7. The maximum Gasteiger partial charge on any atom is 0.250 e. The number of ether oxygens (including phenoxy) is 1. The first-order chi connectivity index (χ1) is 14.8. The van der Waals surface area contributed by atoms with Crippen LogP contribution in [0.15, 0.2) is 24.5 Å². The standard InChI is InChI=1S/C18H18Cl3N7O3/c1-23-16(30)13-10(22)12(29)17(31-13)28-6-25-11-14(26-18(21)27-15(11)28)24-5-7-4-8(19)2-3-9(7)20/h2-4,6,10,12-13,17,29H,5,22H2,1H3,(H,23,30)(H,24,26,27). The van der Waals surface area contributed by atoms with Crippen molar-refractivity contribution in [3.05, 3.63) is 45.4 Å². The zero-order valence-electron chi connectivity index (χ0n) is 16.1. The number of hydrogen-bond donors (Lipinski definition) is 4. The minimum atomic E-state index is -1.17. The molecule has 10 nitrogen and oxygen atoms in total. The Bertz CT molecular complexity index is 1140. The molecule has 0 saturated carbocycles. The number of anilines is 1. The number of carbonyl (C=O) groups is 1. The van der Waals surface area contributed by atoms with Crippen LogP contribution in [0.4, 0.5) is 5.82 Å². The number of imidazole rings is 1. The summed E-state index contributed by atoms with van der Waals surface area (Å²) in [6.45, 7) is 0.306. The highest BCUT2D eigenvalue weighted by atomic mass is 35.5. The third-order valence-electron chi connectivity index (χ3n) is 4.95. The largest absolute Gasteiger partial charge is 0.387 e. The highest BCUT2D eigenvalue weighted by Crippen LogP contribution is 2.32. The molecule has 4 rings (SSSR count). The summed E-state index contributed by atoms with van der Waals surface area (Å²) < 4.78 is 7.18. The molecule has 2 aromatic heterocycles. The van der Waals surface area contributed by atoms with Gasteiger partial charge in [-0.15, -0.1) is 0 Å². The van der Waals surface area contributed by atoms with E-state index in [2.05, 4.69) is 25.6 Å². The Morgan fingerprint density at radius 2 is 2.10 bits per heavy atom. The van der Waals surface area contributed by atoms with Gasteiger partial charge in [-0.2, -0.15) is 9.97 Å².